The Morgan fingerprint density at radius 1 is 1.19 bits per heavy atom. The van der Waals surface area contributed by atoms with Crippen LogP contribution in [0.3, 0.4) is 0 Å². The molecule has 0 saturated heterocycles. The predicted octanol–water partition coefficient (Wildman–Crippen LogP) is 5.18. The lowest BCUT2D eigenvalue weighted by Crippen LogP contribution is -2.30. The smallest absolute Gasteiger partial charge is 0.341 e. The highest BCUT2D eigenvalue weighted by Gasteiger charge is 2.22. The van der Waals surface area contributed by atoms with Crippen molar-refractivity contribution in [3.63, 3.8) is 0 Å². The molecule has 0 spiro atoms. The maximum Gasteiger partial charge on any atom is 0.341 e. The van der Waals surface area contributed by atoms with Gasteiger partial charge in [0.15, 0.2) is 6.10 Å². The number of anilines is 1. The van der Waals surface area contributed by atoms with Crippen molar-refractivity contribution in [3.05, 3.63) is 64.4 Å². The van der Waals surface area contributed by atoms with Crippen LogP contribution in [0, 0.1) is 5.82 Å². The highest BCUT2D eigenvalue weighted by Crippen LogP contribution is 2.26. The Morgan fingerprint density at radius 3 is 2.58 bits per heavy atom. The number of amides is 1. The molecule has 6 heteroatoms. The first-order valence-corrected chi connectivity index (χ1v) is 8.77. The molecule has 0 aliphatic carbocycles. The van der Waals surface area contributed by atoms with Gasteiger partial charge in [-0.3, -0.25) is 4.79 Å². The third-order valence-corrected chi connectivity index (χ3v) is 4.40. The lowest BCUT2D eigenvalue weighted by molar-refractivity contribution is -0.123. The fraction of sp³-hybridized carbons (Fsp3) is 0.300. The summed E-state index contributed by atoms with van der Waals surface area (Å²) in [6, 6.07) is 11.0. The van der Waals surface area contributed by atoms with Crippen molar-refractivity contribution < 1.29 is 18.7 Å². The van der Waals surface area contributed by atoms with Gasteiger partial charge in [0, 0.05) is 10.7 Å². The van der Waals surface area contributed by atoms with E-state index in [9.17, 15) is 14.0 Å². The molecule has 138 valence electrons. The number of ether oxygens (including phenoxy) is 1. The van der Waals surface area contributed by atoms with Gasteiger partial charge >= 0.3 is 5.97 Å². The van der Waals surface area contributed by atoms with Crippen molar-refractivity contribution in [2.24, 2.45) is 0 Å². The van der Waals surface area contributed by atoms with Gasteiger partial charge in [0.05, 0.1) is 5.56 Å². The highest BCUT2D eigenvalue weighted by molar-refractivity contribution is 6.30. The SMILES string of the molecule is CC[C@@H](C)c1ccccc1NC(=O)[C@H](C)OC(=O)c1cc(Cl)ccc1F. The van der Waals surface area contributed by atoms with E-state index < -0.39 is 23.8 Å². The molecule has 2 aromatic carbocycles. The van der Waals surface area contributed by atoms with E-state index in [4.69, 9.17) is 16.3 Å². The number of carbonyl (C=O) groups is 2. The molecule has 2 aromatic rings. The molecule has 26 heavy (non-hydrogen) atoms. The Bertz CT molecular complexity index is 809. The quantitative estimate of drug-likeness (QED) is 0.706. The Morgan fingerprint density at radius 2 is 1.88 bits per heavy atom. The number of esters is 1. The molecule has 0 fully saturated rings. The molecule has 0 radical (unpaired) electrons. The Hall–Kier alpha value is -2.40. The molecule has 0 aliphatic rings. The first-order chi connectivity index (χ1) is 12.3. The third kappa shape index (κ3) is 4.82. The molecular weight excluding hydrogens is 357 g/mol. The first kappa shape index (κ1) is 19.9. The van der Waals surface area contributed by atoms with Crippen molar-refractivity contribution in [3.8, 4) is 0 Å². The van der Waals surface area contributed by atoms with Crippen LogP contribution in [0.5, 0.6) is 0 Å². The number of rotatable bonds is 6. The van der Waals surface area contributed by atoms with Crippen LogP contribution in [0.25, 0.3) is 0 Å². The van der Waals surface area contributed by atoms with Crippen molar-refractivity contribution in [1.29, 1.82) is 0 Å². The average Bonchev–Trinajstić information content (AvgIpc) is 2.63. The van der Waals surface area contributed by atoms with Crippen LogP contribution in [0.2, 0.25) is 5.02 Å². The minimum atomic E-state index is -1.09. The van der Waals surface area contributed by atoms with E-state index in [1.807, 2.05) is 18.2 Å². The van der Waals surface area contributed by atoms with Crippen LogP contribution < -0.4 is 5.32 Å². The molecule has 1 amide bonds. The van der Waals surface area contributed by atoms with Crippen LogP contribution in [0.1, 0.15) is 49.0 Å². The molecular formula is C20H21ClFNO3. The van der Waals surface area contributed by atoms with Gasteiger partial charge < -0.3 is 10.1 Å². The minimum absolute atomic E-state index is 0.206. The third-order valence-electron chi connectivity index (χ3n) is 4.16. The van der Waals surface area contributed by atoms with Gasteiger partial charge in [0.1, 0.15) is 5.82 Å². The number of hydrogen-bond acceptors (Lipinski definition) is 3. The zero-order valence-electron chi connectivity index (χ0n) is 14.9. The maximum atomic E-state index is 13.7. The monoisotopic (exact) mass is 377 g/mol. The van der Waals surface area contributed by atoms with Crippen LogP contribution in [-0.4, -0.2) is 18.0 Å². The summed E-state index contributed by atoms with van der Waals surface area (Å²) in [6.07, 6.45) is -0.170. The summed E-state index contributed by atoms with van der Waals surface area (Å²) in [5.41, 5.74) is 1.36. The fourth-order valence-corrected chi connectivity index (χ4v) is 2.60. The van der Waals surface area contributed by atoms with E-state index in [0.29, 0.717) is 5.69 Å². The van der Waals surface area contributed by atoms with E-state index >= 15 is 0 Å². The van der Waals surface area contributed by atoms with Crippen molar-refractivity contribution >= 4 is 29.2 Å². The second kappa shape index (κ2) is 8.81. The Labute approximate surface area is 157 Å². The van der Waals surface area contributed by atoms with Crippen molar-refractivity contribution in [1.82, 2.24) is 0 Å². The molecule has 0 aliphatic heterocycles. The van der Waals surface area contributed by atoms with Gasteiger partial charge in [-0.25, -0.2) is 9.18 Å². The lowest BCUT2D eigenvalue weighted by Gasteiger charge is -2.18. The van der Waals surface area contributed by atoms with Crippen molar-refractivity contribution in [2.75, 3.05) is 5.32 Å². The molecule has 2 atom stereocenters. The predicted molar refractivity (Wildman–Crippen MR) is 100 cm³/mol. The van der Waals surface area contributed by atoms with Gasteiger partial charge in [-0.05, 0) is 49.1 Å². The molecule has 0 aromatic heterocycles. The fourth-order valence-electron chi connectivity index (χ4n) is 2.43. The van der Waals surface area contributed by atoms with Gasteiger partial charge in [-0.2, -0.15) is 0 Å². The summed E-state index contributed by atoms with van der Waals surface area (Å²) in [5.74, 6) is -1.92. The molecule has 0 bridgehead atoms. The minimum Gasteiger partial charge on any atom is -0.449 e. The largest absolute Gasteiger partial charge is 0.449 e. The first-order valence-electron chi connectivity index (χ1n) is 8.39. The molecule has 4 nitrogen and oxygen atoms in total. The van der Waals surface area contributed by atoms with Crippen LogP contribution in [0.4, 0.5) is 10.1 Å². The summed E-state index contributed by atoms with van der Waals surface area (Å²) in [4.78, 5) is 24.5. The summed E-state index contributed by atoms with van der Waals surface area (Å²) < 4.78 is 18.8. The van der Waals surface area contributed by atoms with E-state index in [-0.39, 0.29) is 16.5 Å². The van der Waals surface area contributed by atoms with Gasteiger partial charge in [0.25, 0.3) is 5.91 Å². The Balaban J connectivity index is 2.09. The number of nitrogens with one attached hydrogen (secondary N) is 1. The molecule has 0 saturated carbocycles. The topological polar surface area (TPSA) is 55.4 Å². The summed E-state index contributed by atoms with van der Waals surface area (Å²) >= 11 is 5.77. The summed E-state index contributed by atoms with van der Waals surface area (Å²) in [7, 11) is 0. The second-order valence-corrected chi connectivity index (χ2v) is 6.49. The lowest BCUT2D eigenvalue weighted by atomic mass is 9.97. The van der Waals surface area contributed by atoms with Crippen LogP contribution >= 0.6 is 11.6 Å². The number of hydrogen-bond donors (Lipinski definition) is 1. The van der Waals surface area contributed by atoms with E-state index in [2.05, 4.69) is 19.2 Å². The number of halogens is 2. The molecule has 1 N–H and O–H groups in total. The van der Waals surface area contributed by atoms with E-state index in [0.717, 1.165) is 18.1 Å². The molecule has 0 unspecified atom stereocenters. The van der Waals surface area contributed by atoms with Crippen molar-refractivity contribution in [2.45, 2.75) is 39.2 Å². The second-order valence-electron chi connectivity index (χ2n) is 6.06. The molecule has 2 rings (SSSR count). The van der Waals surface area contributed by atoms with Crippen LogP contribution in [-0.2, 0) is 9.53 Å². The average molecular weight is 378 g/mol. The number of carbonyl (C=O) groups excluding carboxylic acids is 2. The summed E-state index contributed by atoms with van der Waals surface area (Å²) in [6.45, 7) is 5.56. The highest BCUT2D eigenvalue weighted by atomic mass is 35.5. The zero-order valence-corrected chi connectivity index (χ0v) is 15.6. The van der Waals surface area contributed by atoms with E-state index in [1.54, 1.807) is 6.07 Å². The standard InChI is InChI=1S/C20H21ClFNO3/c1-4-12(2)15-7-5-6-8-18(15)23-19(24)13(3)26-20(25)16-11-14(21)9-10-17(16)22/h5-13H,4H2,1-3H3,(H,23,24)/t12-,13+/m1/s1. The van der Waals surface area contributed by atoms with Gasteiger partial charge in [-0.15, -0.1) is 0 Å². The number of para-hydroxylation sites is 1. The van der Waals surface area contributed by atoms with Gasteiger partial charge in [0.2, 0.25) is 0 Å². The van der Waals surface area contributed by atoms with Gasteiger partial charge in [-0.1, -0.05) is 43.6 Å². The molecule has 0 heterocycles. The van der Waals surface area contributed by atoms with E-state index in [1.165, 1.54) is 19.1 Å². The maximum absolute atomic E-state index is 13.7. The number of benzene rings is 2. The van der Waals surface area contributed by atoms with Crippen LogP contribution in [0.15, 0.2) is 42.5 Å². The Kier molecular flexibility index (Phi) is 6.75. The zero-order chi connectivity index (χ0) is 19.3. The normalized spacial score (nSPS) is 13.0. The summed E-state index contributed by atoms with van der Waals surface area (Å²) in [5, 5.41) is 2.98.